The van der Waals surface area contributed by atoms with Gasteiger partial charge < -0.3 is 4.52 Å². The van der Waals surface area contributed by atoms with Crippen LogP contribution in [0, 0.1) is 11.6 Å². The standard InChI is InChI=1S/C8H7F2O2P/c1-2-12-13(11)8-4-6(9)3-7(10)5-8/h2-5,13H,1H2. The van der Waals surface area contributed by atoms with Gasteiger partial charge in [0.15, 0.2) is 0 Å². The smallest absolute Gasteiger partial charge is 0.265 e. The molecule has 5 heteroatoms. The van der Waals surface area contributed by atoms with E-state index in [0.717, 1.165) is 18.4 Å². The maximum atomic E-state index is 12.6. The van der Waals surface area contributed by atoms with Crippen molar-refractivity contribution in [2.45, 2.75) is 0 Å². The molecule has 70 valence electrons. The van der Waals surface area contributed by atoms with Crippen molar-refractivity contribution in [2.24, 2.45) is 0 Å². The molecule has 0 N–H and O–H groups in total. The fourth-order valence-corrected chi connectivity index (χ4v) is 1.61. The van der Waals surface area contributed by atoms with Crippen LogP contribution in [-0.4, -0.2) is 0 Å². The van der Waals surface area contributed by atoms with E-state index < -0.39 is 19.7 Å². The Hall–Kier alpha value is -1.15. The van der Waals surface area contributed by atoms with Crippen molar-refractivity contribution in [3.8, 4) is 0 Å². The van der Waals surface area contributed by atoms with Gasteiger partial charge >= 0.3 is 0 Å². The molecule has 0 amide bonds. The van der Waals surface area contributed by atoms with Crippen molar-refractivity contribution in [3.05, 3.63) is 42.7 Å². The highest BCUT2D eigenvalue weighted by molar-refractivity contribution is 7.48. The summed E-state index contributed by atoms with van der Waals surface area (Å²) in [7, 11) is -2.61. The zero-order chi connectivity index (χ0) is 9.84. The van der Waals surface area contributed by atoms with Gasteiger partial charge in [-0.2, -0.15) is 0 Å². The van der Waals surface area contributed by atoms with Crippen molar-refractivity contribution < 1.29 is 17.9 Å². The monoisotopic (exact) mass is 204 g/mol. The Labute approximate surface area is 74.7 Å². The topological polar surface area (TPSA) is 26.3 Å². The third-order valence-corrected chi connectivity index (χ3v) is 2.43. The van der Waals surface area contributed by atoms with Gasteiger partial charge in [-0.15, -0.1) is 0 Å². The molecule has 0 heterocycles. The summed E-state index contributed by atoms with van der Waals surface area (Å²) in [6.07, 6.45) is 0.976. The normalized spacial score (nSPS) is 12.2. The quantitative estimate of drug-likeness (QED) is 0.557. The van der Waals surface area contributed by atoms with E-state index in [1.54, 1.807) is 0 Å². The Bertz CT molecular complexity index is 332. The predicted octanol–water partition coefficient (Wildman–Crippen LogP) is 2.22. The molecule has 13 heavy (non-hydrogen) atoms. The molecule has 0 aliphatic rings. The van der Waals surface area contributed by atoms with Gasteiger partial charge in [0.2, 0.25) is 0 Å². The van der Waals surface area contributed by atoms with Crippen LogP contribution in [0.1, 0.15) is 0 Å². The van der Waals surface area contributed by atoms with E-state index >= 15 is 0 Å². The second kappa shape index (κ2) is 4.19. The van der Waals surface area contributed by atoms with E-state index in [2.05, 4.69) is 11.1 Å². The van der Waals surface area contributed by atoms with Crippen LogP contribution in [0.15, 0.2) is 31.0 Å². The van der Waals surface area contributed by atoms with E-state index in [1.807, 2.05) is 0 Å². The van der Waals surface area contributed by atoms with Crippen LogP contribution in [-0.2, 0) is 9.09 Å². The molecule has 0 saturated heterocycles. The fraction of sp³-hybridized carbons (Fsp3) is 0. The van der Waals surface area contributed by atoms with Crippen LogP contribution in [0.2, 0.25) is 0 Å². The predicted molar refractivity (Wildman–Crippen MR) is 46.3 cm³/mol. The summed E-state index contributed by atoms with van der Waals surface area (Å²) in [5, 5.41) is 0.00222. The van der Waals surface area contributed by atoms with Gasteiger partial charge in [0.1, 0.15) is 11.6 Å². The van der Waals surface area contributed by atoms with Crippen molar-refractivity contribution >= 4 is 13.3 Å². The van der Waals surface area contributed by atoms with Gasteiger partial charge in [0.05, 0.1) is 11.6 Å². The van der Waals surface area contributed by atoms with Gasteiger partial charge in [-0.3, -0.25) is 4.57 Å². The molecule has 0 fully saturated rings. The number of hydrogen-bond donors (Lipinski definition) is 0. The molecule has 1 rings (SSSR count). The summed E-state index contributed by atoms with van der Waals surface area (Å²) in [5.74, 6) is -1.55. The molecule has 1 aromatic carbocycles. The summed E-state index contributed by atoms with van der Waals surface area (Å²) in [6, 6.07) is 2.63. The van der Waals surface area contributed by atoms with Gasteiger partial charge in [-0.25, -0.2) is 8.78 Å². The molecule has 1 atom stereocenters. The molecular weight excluding hydrogens is 197 g/mol. The molecule has 1 unspecified atom stereocenters. The first-order valence-corrected chi connectivity index (χ1v) is 4.73. The zero-order valence-corrected chi connectivity index (χ0v) is 7.59. The minimum Gasteiger partial charge on any atom is -0.450 e. The first-order valence-electron chi connectivity index (χ1n) is 3.41. The van der Waals surface area contributed by atoms with Gasteiger partial charge in [0, 0.05) is 6.07 Å². The van der Waals surface area contributed by atoms with E-state index in [1.165, 1.54) is 0 Å². The first-order chi connectivity index (χ1) is 6.13. The van der Waals surface area contributed by atoms with Crippen LogP contribution in [0.5, 0.6) is 0 Å². The van der Waals surface area contributed by atoms with Crippen LogP contribution in [0.25, 0.3) is 0 Å². The lowest BCUT2D eigenvalue weighted by atomic mass is 10.3. The van der Waals surface area contributed by atoms with E-state index in [0.29, 0.717) is 6.07 Å². The van der Waals surface area contributed by atoms with Crippen molar-refractivity contribution in [1.82, 2.24) is 0 Å². The van der Waals surface area contributed by atoms with E-state index in [9.17, 15) is 13.3 Å². The van der Waals surface area contributed by atoms with Crippen LogP contribution < -0.4 is 5.30 Å². The number of benzene rings is 1. The summed E-state index contributed by atoms with van der Waals surface area (Å²) in [5.41, 5.74) is 0. The second-order valence-electron chi connectivity index (χ2n) is 2.23. The van der Waals surface area contributed by atoms with Crippen molar-refractivity contribution in [1.29, 1.82) is 0 Å². The van der Waals surface area contributed by atoms with Crippen molar-refractivity contribution in [3.63, 3.8) is 0 Å². The third kappa shape index (κ3) is 2.67. The molecule has 0 bridgehead atoms. The average molecular weight is 204 g/mol. The highest BCUT2D eigenvalue weighted by atomic mass is 31.1. The van der Waals surface area contributed by atoms with Crippen LogP contribution in [0.3, 0.4) is 0 Å². The molecule has 0 saturated carbocycles. The van der Waals surface area contributed by atoms with Crippen LogP contribution in [0.4, 0.5) is 8.78 Å². The van der Waals surface area contributed by atoms with Gasteiger partial charge in [-0.1, -0.05) is 6.58 Å². The molecule has 0 spiro atoms. The van der Waals surface area contributed by atoms with Crippen LogP contribution >= 0.6 is 8.03 Å². The largest absolute Gasteiger partial charge is 0.450 e. The Morgan fingerprint density at radius 1 is 1.31 bits per heavy atom. The number of halogens is 2. The zero-order valence-electron chi connectivity index (χ0n) is 6.59. The second-order valence-corrected chi connectivity index (χ2v) is 3.62. The third-order valence-electron chi connectivity index (χ3n) is 1.29. The molecular formula is C8H7F2O2P. The molecule has 0 radical (unpaired) electrons. The maximum absolute atomic E-state index is 12.6. The highest BCUT2D eigenvalue weighted by Gasteiger charge is 2.06. The lowest BCUT2D eigenvalue weighted by molar-refractivity contribution is 0.473. The molecule has 1 aromatic rings. The average Bonchev–Trinajstić information content (AvgIpc) is 2.03. The van der Waals surface area contributed by atoms with E-state index in [4.69, 9.17) is 0 Å². The summed E-state index contributed by atoms with van der Waals surface area (Å²) < 4.78 is 40.8. The Balaban J connectivity index is 3.00. The lowest BCUT2D eigenvalue weighted by Crippen LogP contribution is -1.99. The van der Waals surface area contributed by atoms with Gasteiger partial charge in [-0.05, 0) is 12.1 Å². The lowest BCUT2D eigenvalue weighted by Gasteiger charge is -2.01. The summed E-state index contributed by atoms with van der Waals surface area (Å²) in [6.45, 7) is 3.19. The Morgan fingerprint density at radius 3 is 2.31 bits per heavy atom. The van der Waals surface area contributed by atoms with Gasteiger partial charge in [0.25, 0.3) is 8.03 Å². The summed E-state index contributed by atoms with van der Waals surface area (Å²) in [4.78, 5) is 0. The number of hydrogen-bond acceptors (Lipinski definition) is 2. The maximum Gasteiger partial charge on any atom is 0.265 e. The molecule has 0 aliphatic heterocycles. The molecule has 0 aromatic heterocycles. The minimum absolute atomic E-state index is 0.00222. The summed E-state index contributed by atoms with van der Waals surface area (Å²) >= 11 is 0. The molecule has 2 nitrogen and oxygen atoms in total. The highest BCUT2D eigenvalue weighted by Crippen LogP contribution is 2.22. The number of rotatable bonds is 3. The minimum atomic E-state index is -2.61. The van der Waals surface area contributed by atoms with E-state index in [-0.39, 0.29) is 5.30 Å². The SMILES string of the molecule is C=CO[PH](=O)c1cc(F)cc(F)c1. The Morgan fingerprint density at radius 2 is 1.85 bits per heavy atom. The molecule has 0 aliphatic carbocycles. The first kappa shape index (κ1) is 9.93. The van der Waals surface area contributed by atoms with Crippen molar-refractivity contribution in [2.75, 3.05) is 0 Å². The fourth-order valence-electron chi connectivity index (χ4n) is 0.815. The Kier molecular flexibility index (Phi) is 3.20.